The van der Waals surface area contributed by atoms with Crippen molar-refractivity contribution >= 4 is 0 Å². The Hall–Kier alpha value is -1.78. The third-order valence-corrected chi connectivity index (χ3v) is 1.88. The summed E-state index contributed by atoms with van der Waals surface area (Å²) >= 11 is 0. The van der Waals surface area contributed by atoms with Gasteiger partial charge in [-0.3, -0.25) is 0 Å². The molecule has 1 aromatic carbocycles. The lowest BCUT2D eigenvalue weighted by atomic mass is 10.1. The Balaban J connectivity index is 3.04. The molecule has 0 saturated carbocycles. The molecule has 0 spiro atoms. The maximum Gasteiger partial charge on any atom is 0.132 e. The van der Waals surface area contributed by atoms with Crippen LogP contribution >= 0.6 is 0 Å². The fourth-order valence-electron chi connectivity index (χ4n) is 1.22. The fourth-order valence-corrected chi connectivity index (χ4v) is 1.22. The Labute approximate surface area is 85.7 Å². The molecule has 0 fully saturated rings. The highest BCUT2D eigenvalue weighted by molar-refractivity contribution is 5.36. The lowest BCUT2D eigenvalue weighted by Gasteiger charge is -2.13. The first-order valence-corrected chi connectivity index (χ1v) is 4.22. The molecule has 0 heterocycles. The molecule has 1 atom stereocenters. The van der Waals surface area contributed by atoms with Crippen molar-refractivity contribution in [2.75, 3.05) is 13.7 Å². The first kappa shape index (κ1) is 11.3. The molecule has 0 aliphatic heterocycles. The van der Waals surface area contributed by atoms with Gasteiger partial charge in [0.2, 0.25) is 0 Å². The predicted octanol–water partition coefficient (Wildman–Crippen LogP) is 2.18. The van der Waals surface area contributed by atoms with Crippen molar-refractivity contribution in [3.8, 4) is 5.75 Å². The number of aliphatic hydroxyl groups excluding tert-OH is 1. The molecule has 80 valence electrons. The average molecular weight is 211 g/mol. The summed E-state index contributed by atoms with van der Waals surface area (Å²) < 4.78 is 18.2. The monoisotopic (exact) mass is 211 g/mol. The van der Waals surface area contributed by atoms with Gasteiger partial charge in [-0.25, -0.2) is 4.39 Å². The summed E-state index contributed by atoms with van der Waals surface area (Å²) in [5, 5.41) is 12.7. The van der Waals surface area contributed by atoms with E-state index in [4.69, 9.17) is 10.3 Å². The van der Waals surface area contributed by atoms with Crippen molar-refractivity contribution in [2.45, 2.75) is 6.10 Å². The molecule has 0 bridgehead atoms. The second kappa shape index (κ2) is 5.19. The highest BCUT2D eigenvalue weighted by Crippen LogP contribution is 2.27. The van der Waals surface area contributed by atoms with Crippen LogP contribution in [0.3, 0.4) is 0 Å². The van der Waals surface area contributed by atoms with E-state index in [1.165, 1.54) is 25.3 Å². The minimum Gasteiger partial charge on any atom is -0.496 e. The van der Waals surface area contributed by atoms with Crippen LogP contribution in [0.2, 0.25) is 0 Å². The predicted molar refractivity (Wildman–Crippen MR) is 51.9 cm³/mol. The van der Waals surface area contributed by atoms with Crippen molar-refractivity contribution in [3.05, 3.63) is 40.0 Å². The molecular formula is C9H10FN3O2. The molecule has 0 saturated heterocycles. The molecule has 1 aromatic rings. The van der Waals surface area contributed by atoms with E-state index >= 15 is 0 Å². The minimum atomic E-state index is -1.20. The van der Waals surface area contributed by atoms with Crippen LogP contribution < -0.4 is 4.74 Å². The molecular weight excluding hydrogens is 201 g/mol. The van der Waals surface area contributed by atoms with Crippen molar-refractivity contribution in [1.82, 2.24) is 0 Å². The van der Waals surface area contributed by atoms with Gasteiger partial charge < -0.3 is 9.84 Å². The van der Waals surface area contributed by atoms with Gasteiger partial charge in [0.1, 0.15) is 11.6 Å². The average Bonchev–Trinajstić information content (AvgIpc) is 2.25. The molecule has 15 heavy (non-hydrogen) atoms. The topological polar surface area (TPSA) is 78.2 Å². The number of hydrogen-bond donors (Lipinski definition) is 1. The van der Waals surface area contributed by atoms with Gasteiger partial charge in [-0.05, 0) is 17.7 Å². The standard InChI is InChI=1S/C9H10FN3O2/c1-15-8-4-2-3-6(10)9(8)7(14)5-12-13-11/h2-4,7,14H,5H2,1H3. The van der Waals surface area contributed by atoms with Crippen molar-refractivity contribution < 1.29 is 14.2 Å². The number of benzene rings is 1. The molecule has 1 unspecified atom stereocenters. The zero-order valence-electron chi connectivity index (χ0n) is 8.09. The van der Waals surface area contributed by atoms with E-state index < -0.39 is 11.9 Å². The quantitative estimate of drug-likeness (QED) is 0.470. The maximum atomic E-state index is 13.3. The van der Waals surface area contributed by atoms with Gasteiger partial charge in [-0.1, -0.05) is 11.2 Å². The summed E-state index contributed by atoms with van der Waals surface area (Å²) in [6, 6.07) is 4.20. The Bertz CT molecular complexity index is 391. The Morgan fingerprint density at radius 3 is 3.00 bits per heavy atom. The van der Waals surface area contributed by atoms with Crippen LogP contribution in [-0.4, -0.2) is 18.8 Å². The van der Waals surface area contributed by atoms with Gasteiger partial charge in [0, 0.05) is 4.91 Å². The van der Waals surface area contributed by atoms with Crippen LogP contribution in [0.25, 0.3) is 10.4 Å². The summed E-state index contributed by atoms with van der Waals surface area (Å²) in [4.78, 5) is 2.49. The number of nitrogens with zero attached hydrogens (tertiary/aromatic N) is 3. The van der Waals surface area contributed by atoms with E-state index in [1.807, 2.05) is 0 Å². The molecule has 0 aromatic heterocycles. The SMILES string of the molecule is COc1cccc(F)c1C(O)CN=[N+]=[N-]. The van der Waals surface area contributed by atoms with Crippen LogP contribution in [-0.2, 0) is 0 Å². The van der Waals surface area contributed by atoms with Gasteiger partial charge in [-0.15, -0.1) is 0 Å². The van der Waals surface area contributed by atoms with E-state index in [9.17, 15) is 9.50 Å². The summed E-state index contributed by atoms with van der Waals surface area (Å²) in [6.07, 6.45) is -1.20. The number of azide groups is 1. The maximum absolute atomic E-state index is 13.3. The first-order chi connectivity index (χ1) is 7.20. The Morgan fingerprint density at radius 2 is 2.40 bits per heavy atom. The van der Waals surface area contributed by atoms with Crippen LogP contribution in [0.5, 0.6) is 5.75 Å². The largest absolute Gasteiger partial charge is 0.496 e. The van der Waals surface area contributed by atoms with Gasteiger partial charge in [0.15, 0.2) is 0 Å². The number of rotatable bonds is 4. The highest BCUT2D eigenvalue weighted by atomic mass is 19.1. The van der Waals surface area contributed by atoms with Gasteiger partial charge in [-0.2, -0.15) is 0 Å². The lowest BCUT2D eigenvalue weighted by Crippen LogP contribution is -2.06. The molecule has 1 rings (SSSR count). The van der Waals surface area contributed by atoms with E-state index in [1.54, 1.807) is 0 Å². The van der Waals surface area contributed by atoms with Crippen molar-refractivity contribution in [1.29, 1.82) is 0 Å². The first-order valence-electron chi connectivity index (χ1n) is 4.22. The fraction of sp³-hybridized carbons (Fsp3) is 0.333. The highest BCUT2D eigenvalue weighted by Gasteiger charge is 2.17. The summed E-state index contributed by atoms with van der Waals surface area (Å²) in [6.45, 7) is -0.228. The third-order valence-electron chi connectivity index (χ3n) is 1.88. The van der Waals surface area contributed by atoms with E-state index in [-0.39, 0.29) is 17.9 Å². The van der Waals surface area contributed by atoms with Crippen molar-refractivity contribution in [2.24, 2.45) is 5.11 Å². The Morgan fingerprint density at radius 1 is 1.67 bits per heavy atom. The summed E-state index contributed by atoms with van der Waals surface area (Å²) in [5.41, 5.74) is 8.09. The molecule has 0 aliphatic carbocycles. The van der Waals surface area contributed by atoms with Crippen LogP contribution in [0.15, 0.2) is 23.3 Å². The molecule has 0 amide bonds. The molecule has 1 N–H and O–H groups in total. The normalized spacial score (nSPS) is 11.7. The number of aliphatic hydroxyl groups is 1. The zero-order valence-corrected chi connectivity index (χ0v) is 8.09. The van der Waals surface area contributed by atoms with Crippen LogP contribution in [0.4, 0.5) is 4.39 Å². The van der Waals surface area contributed by atoms with Crippen LogP contribution in [0.1, 0.15) is 11.7 Å². The Kier molecular flexibility index (Phi) is 3.91. The van der Waals surface area contributed by atoms with E-state index in [0.717, 1.165) is 0 Å². The second-order valence-corrected chi connectivity index (χ2v) is 2.79. The zero-order chi connectivity index (χ0) is 11.3. The van der Waals surface area contributed by atoms with Gasteiger partial charge in [0.25, 0.3) is 0 Å². The molecule has 0 aliphatic rings. The second-order valence-electron chi connectivity index (χ2n) is 2.79. The summed E-state index contributed by atoms with van der Waals surface area (Å²) in [7, 11) is 1.37. The number of hydrogen-bond acceptors (Lipinski definition) is 3. The van der Waals surface area contributed by atoms with Gasteiger partial charge in [0.05, 0.1) is 25.3 Å². The minimum absolute atomic E-state index is 0.00685. The van der Waals surface area contributed by atoms with Crippen LogP contribution in [0, 0.1) is 5.82 Å². The smallest absolute Gasteiger partial charge is 0.132 e. The molecule has 5 nitrogen and oxygen atoms in total. The van der Waals surface area contributed by atoms with Crippen molar-refractivity contribution in [3.63, 3.8) is 0 Å². The summed E-state index contributed by atoms with van der Waals surface area (Å²) in [5.74, 6) is -0.356. The van der Waals surface area contributed by atoms with E-state index in [2.05, 4.69) is 10.0 Å². The molecule has 6 heteroatoms. The number of ether oxygens (including phenoxy) is 1. The molecule has 0 radical (unpaired) electrons. The van der Waals surface area contributed by atoms with Gasteiger partial charge >= 0.3 is 0 Å². The number of halogens is 1. The van der Waals surface area contributed by atoms with E-state index in [0.29, 0.717) is 0 Å². The number of methoxy groups -OCH3 is 1. The third kappa shape index (κ3) is 2.59. The lowest BCUT2D eigenvalue weighted by molar-refractivity contribution is 0.177.